The molecule has 1 heterocycles. The maximum absolute atomic E-state index is 12.4. The van der Waals surface area contributed by atoms with Crippen molar-refractivity contribution in [3.8, 4) is 5.75 Å². The van der Waals surface area contributed by atoms with E-state index in [1.165, 1.54) is 11.8 Å². The molecule has 1 aliphatic heterocycles. The number of allylic oxidation sites excluding steroid dienone is 1. The third-order valence-electron chi connectivity index (χ3n) is 3.19. The van der Waals surface area contributed by atoms with Crippen LogP contribution in [0, 0.1) is 0 Å². The van der Waals surface area contributed by atoms with Gasteiger partial charge in [0.15, 0.2) is 0 Å². The van der Waals surface area contributed by atoms with Crippen molar-refractivity contribution in [3.05, 3.63) is 63.0 Å². The highest BCUT2D eigenvalue weighted by Gasteiger charge is 2.25. The zero-order valence-electron chi connectivity index (χ0n) is 12.3. The van der Waals surface area contributed by atoms with E-state index in [1.54, 1.807) is 0 Å². The molecule has 0 fully saturated rings. The highest BCUT2D eigenvalue weighted by molar-refractivity contribution is 9.10. The van der Waals surface area contributed by atoms with E-state index in [9.17, 15) is 4.79 Å². The molecule has 0 atom stereocenters. The Morgan fingerprint density at radius 1 is 1.18 bits per heavy atom. The van der Waals surface area contributed by atoms with Crippen LogP contribution in [-0.2, 0) is 0 Å². The van der Waals surface area contributed by atoms with Crippen LogP contribution in [-0.4, -0.2) is 11.9 Å². The Balaban J connectivity index is 1.88. The summed E-state index contributed by atoms with van der Waals surface area (Å²) in [4.78, 5) is 14.2. The largest absolute Gasteiger partial charge is 0.490 e. The lowest BCUT2D eigenvalue weighted by molar-refractivity contribution is 0.104. The third kappa shape index (κ3) is 3.13. The molecular weight excluding hydrogens is 360 g/mol. The van der Waals surface area contributed by atoms with Gasteiger partial charge in [0.1, 0.15) is 5.75 Å². The Bertz CT molecular complexity index is 765. The Morgan fingerprint density at radius 2 is 1.95 bits per heavy atom. The van der Waals surface area contributed by atoms with Gasteiger partial charge in [-0.3, -0.25) is 4.79 Å². The fourth-order valence-corrected chi connectivity index (χ4v) is 3.79. The lowest BCUT2D eigenvalue weighted by Crippen LogP contribution is -2.05. The smallest absolute Gasteiger partial charge is 0.200 e. The maximum atomic E-state index is 12.4. The van der Waals surface area contributed by atoms with Crippen LogP contribution in [0.2, 0.25) is 0 Å². The van der Waals surface area contributed by atoms with E-state index in [0.717, 1.165) is 31.1 Å². The summed E-state index contributed by atoms with van der Waals surface area (Å²) in [7, 11) is 0. The van der Waals surface area contributed by atoms with Gasteiger partial charge in [-0.25, -0.2) is 0 Å². The van der Waals surface area contributed by atoms with Gasteiger partial charge in [-0.2, -0.15) is 0 Å². The second-order valence-corrected chi connectivity index (χ2v) is 7.23. The van der Waals surface area contributed by atoms with Gasteiger partial charge >= 0.3 is 0 Å². The molecule has 0 radical (unpaired) electrons. The first kappa shape index (κ1) is 15.4. The van der Waals surface area contributed by atoms with Gasteiger partial charge in [0.25, 0.3) is 0 Å². The lowest BCUT2D eigenvalue weighted by atomic mass is 10.1. The quantitative estimate of drug-likeness (QED) is 0.657. The first-order valence-corrected chi connectivity index (χ1v) is 8.65. The predicted octanol–water partition coefficient (Wildman–Crippen LogP) is 5.57. The van der Waals surface area contributed by atoms with Crippen LogP contribution in [0.15, 0.2) is 56.7 Å². The summed E-state index contributed by atoms with van der Waals surface area (Å²) in [6, 6.07) is 13.6. The van der Waals surface area contributed by atoms with Gasteiger partial charge < -0.3 is 4.74 Å². The van der Waals surface area contributed by atoms with Gasteiger partial charge in [0.2, 0.25) is 5.78 Å². The number of hydrogen-bond acceptors (Lipinski definition) is 3. The summed E-state index contributed by atoms with van der Waals surface area (Å²) in [5.74, 6) is 0.907. The van der Waals surface area contributed by atoms with Crippen molar-refractivity contribution in [1.29, 1.82) is 0 Å². The summed E-state index contributed by atoms with van der Waals surface area (Å²) in [5, 5.41) is 0. The van der Waals surface area contributed by atoms with Gasteiger partial charge in [-0.05, 0) is 65.7 Å². The van der Waals surface area contributed by atoms with Crippen LogP contribution in [0.3, 0.4) is 0 Å². The Labute approximate surface area is 142 Å². The van der Waals surface area contributed by atoms with Gasteiger partial charge in [-0.15, -0.1) is 0 Å². The molecule has 0 saturated heterocycles. The molecule has 3 rings (SSSR count). The molecule has 4 heteroatoms. The van der Waals surface area contributed by atoms with E-state index in [1.807, 2.05) is 62.4 Å². The molecule has 2 aromatic rings. The third-order valence-corrected chi connectivity index (χ3v) is 4.91. The van der Waals surface area contributed by atoms with Crippen molar-refractivity contribution in [1.82, 2.24) is 0 Å². The number of rotatable bonds is 3. The Kier molecular flexibility index (Phi) is 4.41. The number of hydrogen-bond donors (Lipinski definition) is 0. The molecule has 2 nitrogen and oxygen atoms in total. The molecule has 0 amide bonds. The zero-order chi connectivity index (χ0) is 15.7. The minimum Gasteiger partial charge on any atom is -0.490 e. The first-order chi connectivity index (χ1) is 10.5. The molecule has 22 heavy (non-hydrogen) atoms. The van der Waals surface area contributed by atoms with Crippen molar-refractivity contribution in [3.63, 3.8) is 0 Å². The molecule has 0 unspecified atom stereocenters. The molecule has 0 aromatic heterocycles. The molecule has 112 valence electrons. The van der Waals surface area contributed by atoms with Crippen LogP contribution < -0.4 is 4.74 Å². The van der Waals surface area contributed by atoms with Crippen molar-refractivity contribution in [2.45, 2.75) is 24.8 Å². The minimum atomic E-state index is 0.0965. The summed E-state index contributed by atoms with van der Waals surface area (Å²) in [5.41, 5.74) is 1.77. The SMILES string of the molecule is CC(C)Oc1ccc(/C=C2/Sc3ccccc3C2=O)cc1Br. The molecular formula is C18H15BrO2S. The average molecular weight is 375 g/mol. The second kappa shape index (κ2) is 6.31. The van der Waals surface area contributed by atoms with E-state index >= 15 is 0 Å². The number of halogens is 1. The fourth-order valence-electron chi connectivity index (χ4n) is 2.24. The topological polar surface area (TPSA) is 26.3 Å². The number of ether oxygens (including phenoxy) is 1. The first-order valence-electron chi connectivity index (χ1n) is 7.04. The molecule has 0 bridgehead atoms. The highest BCUT2D eigenvalue weighted by atomic mass is 79.9. The van der Waals surface area contributed by atoms with Crippen molar-refractivity contribution in [2.75, 3.05) is 0 Å². The minimum absolute atomic E-state index is 0.0965. The Hall–Kier alpha value is -1.52. The van der Waals surface area contributed by atoms with Gasteiger partial charge in [0.05, 0.1) is 15.5 Å². The molecule has 0 spiro atoms. The fraction of sp³-hybridized carbons (Fsp3) is 0.167. The maximum Gasteiger partial charge on any atom is 0.200 e. The summed E-state index contributed by atoms with van der Waals surface area (Å²) < 4.78 is 6.59. The number of carbonyl (C=O) groups is 1. The van der Waals surface area contributed by atoms with Crippen LogP contribution >= 0.6 is 27.7 Å². The predicted molar refractivity (Wildman–Crippen MR) is 94.5 cm³/mol. The normalized spacial score (nSPS) is 15.5. The number of fused-ring (bicyclic) bond motifs is 1. The summed E-state index contributed by atoms with van der Waals surface area (Å²) in [6.07, 6.45) is 2.05. The lowest BCUT2D eigenvalue weighted by Gasteiger charge is -2.11. The molecule has 1 aliphatic rings. The van der Waals surface area contributed by atoms with E-state index in [4.69, 9.17) is 4.74 Å². The average Bonchev–Trinajstić information content (AvgIpc) is 2.79. The molecule has 2 aromatic carbocycles. The van der Waals surface area contributed by atoms with Crippen molar-refractivity contribution in [2.24, 2.45) is 0 Å². The molecule has 0 aliphatic carbocycles. The molecule has 0 N–H and O–H groups in total. The van der Waals surface area contributed by atoms with Crippen molar-refractivity contribution >= 4 is 39.6 Å². The van der Waals surface area contributed by atoms with Gasteiger partial charge in [-0.1, -0.05) is 30.0 Å². The number of carbonyl (C=O) groups excluding carboxylic acids is 1. The van der Waals surface area contributed by atoms with E-state index in [-0.39, 0.29) is 11.9 Å². The van der Waals surface area contributed by atoms with Crippen LogP contribution in [0.5, 0.6) is 5.75 Å². The molecule has 0 saturated carbocycles. The van der Waals surface area contributed by atoms with Gasteiger partial charge in [0, 0.05) is 10.5 Å². The van der Waals surface area contributed by atoms with Crippen LogP contribution in [0.1, 0.15) is 29.8 Å². The number of benzene rings is 2. The van der Waals surface area contributed by atoms with Crippen LogP contribution in [0.4, 0.5) is 0 Å². The zero-order valence-corrected chi connectivity index (χ0v) is 14.7. The number of ketones is 1. The van der Waals surface area contributed by atoms with E-state index in [2.05, 4.69) is 15.9 Å². The summed E-state index contributed by atoms with van der Waals surface area (Å²) >= 11 is 5.05. The standard InChI is InChI=1S/C18H15BrO2S/c1-11(2)21-15-8-7-12(9-14(15)19)10-17-18(20)13-5-3-4-6-16(13)22-17/h3-11H,1-2H3/b17-10+. The highest BCUT2D eigenvalue weighted by Crippen LogP contribution is 2.41. The number of Topliss-reactive ketones (excluding diaryl/α,β-unsaturated/α-hetero) is 1. The summed E-state index contributed by atoms with van der Waals surface area (Å²) in [6.45, 7) is 3.99. The Morgan fingerprint density at radius 3 is 2.64 bits per heavy atom. The van der Waals surface area contributed by atoms with Crippen molar-refractivity contribution < 1.29 is 9.53 Å². The number of thioether (sulfide) groups is 1. The monoisotopic (exact) mass is 374 g/mol. The second-order valence-electron chi connectivity index (χ2n) is 5.29. The van der Waals surface area contributed by atoms with E-state index < -0.39 is 0 Å². The van der Waals surface area contributed by atoms with E-state index in [0.29, 0.717) is 0 Å². The van der Waals surface area contributed by atoms with Crippen LogP contribution in [0.25, 0.3) is 6.08 Å².